The zero-order valence-corrected chi connectivity index (χ0v) is 15.1. The van der Waals surface area contributed by atoms with E-state index in [1.807, 2.05) is 6.08 Å². The molecule has 4 heteroatoms. The van der Waals surface area contributed by atoms with Crippen LogP contribution in [0.3, 0.4) is 0 Å². The van der Waals surface area contributed by atoms with Crippen molar-refractivity contribution in [2.75, 3.05) is 0 Å². The molecule has 3 atom stereocenters. The molecule has 0 aromatic heterocycles. The molecule has 0 aliphatic heterocycles. The molecule has 1 aliphatic carbocycles. The Morgan fingerprint density at radius 2 is 1.83 bits per heavy atom. The highest BCUT2D eigenvalue weighted by Crippen LogP contribution is 2.31. The molecule has 1 unspecified atom stereocenters. The van der Waals surface area contributed by atoms with E-state index in [1.165, 1.54) is 12.8 Å². The molecule has 0 heterocycles. The van der Waals surface area contributed by atoms with Crippen molar-refractivity contribution in [3.63, 3.8) is 0 Å². The Hall–Kier alpha value is -1.16. The van der Waals surface area contributed by atoms with Crippen molar-refractivity contribution in [2.45, 2.75) is 90.1 Å². The van der Waals surface area contributed by atoms with Crippen LogP contribution in [0.4, 0.5) is 0 Å². The van der Waals surface area contributed by atoms with Crippen LogP contribution in [0.1, 0.15) is 84.0 Å². The first kappa shape index (κ1) is 20.9. The Balaban J connectivity index is 2.20. The highest BCUT2D eigenvalue weighted by atomic mass is 16.4. The van der Waals surface area contributed by atoms with Gasteiger partial charge >= 0.3 is 5.97 Å². The van der Waals surface area contributed by atoms with Crippen LogP contribution in [0.15, 0.2) is 12.2 Å². The molecule has 1 rings (SSSR count). The quantitative estimate of drug-likeness (QED) is 0.457. The lowest BCUT2D eigenvalue weighted by Crippen LogP contribution is -2.18. The number of aliphatic hydroxyl groups excluding tert-OH is 1. The van der Waals surface area contributed by atoms with Gasteiger partial charge < -0.3 is 10.2 Å². The maximum Gasteiger partial charge on any atom is 0.303 e. The number of aliphatic carboxylic acids is 1. The van der Waals surface area contributed by atoms with Crippen LogP contribution in [0, 0.1) is 11.8 Å². The van der Waals surface area contributed by atoms with E-state index in [-0.39, 0.29) is 30.1 Å². The molecule has 0 spiro atoms. The van der Waals surface area contributed by atoms with E-state index in [9.17, 15) is 14.7 Å². The van der Waals surface area contributed by atoms with Crippen molar-refractivity contribution in [2.24, 2.45) is 11.8 Å². The van der Waals surface area contributed by atoms with E-state index in [1.54, 1.807) is 6.08 Å². The second-order valence-electron chi connectivity index (χ2n) is 7.11. The molecule has 138 valence electrons. The molecule has 0 aromatic rings. The van der Waals surface area contributed by atoms with Gasteiger partial charge in [0.1, 0.15) is 0 Å². The summed E-state index contributed by atoms with van der Waals surface area (Å²) < 4.78 is 0. The van der Waals surface area contributed by atoms with Crippen LogP contribution < -0.4 is 0 Å². The number of carbonyl (C=O) groups excluding carboxylic acids is 1. The molecule has 0 fully saturated rings. The predicted octanol–water partition coefficient (Wildman–Crippen LogP) is 4.50. The predicted molar refractivity (Wildman–Crippen MR) is 95.8 cm³/mol. The summed E-state index contributed by atoms with van der Waals surface area (Å²) >= 11 is 0. The van der Waals surface area contributed by atoms with Crippen molar-refractivity contribution < 1.29 is 19.8 Å². The molecular formula is C20H34O4. The minimum atomic E-state index is -0.734. The van der Waals surface area contributed by atoms with E-state index in [2.05, 4.69) is 6.92 Å². The number of rotatable bonds is 14. The second-order valence-corrected chi connectivity index (χ2v) is 7.11. The highest BCUT2D eigenvalue weighted by molar-refractivity contribution is 5.94. The van der Waals surface area contributed by atoms with Gasteiger partial charge in [0.15, 0.2) is 5.78 Å². The first-order valence-corrected chi connectivity index (χ1v) is 9.66. The molecule has 0 saturated carbocycles. The van der Waals surface area contributed by atoms with Gasteiger partial charge in [-0.25, -0.2) is 0 Å². The lowest BCUT2D eigenvalue weighted by atomic mass is 9.85. The summed E-state index contributed by atoms with van der Waals surface area (Å²) in [5.74, 6) is -0.154. The van der Waals surface area contributed by atoms with Crippen LogP contribution >= 0.6 is 0 Å². The van der Waals surface area contributed by atoms with Gasteiger partial charge in [0.25, 0.3) is 0 Å². The SMILES string of the molecule is CCCCCC(O)CC[C@H]1C=CC(=O)[C@@H]1CCCCCCC(=O)O. The first-order chi connectivity index (χ1) is 11.5. The third kappa shape index (κ3) is 8.62. The third-order valence-corrected chi connectivity index (χ3v) is 5.02. The minimum Gasteiger partial charge on any atom is -0.481 e. The molecular weight excluding hydrogens is 304 g/mol. The average molecular weight is 338 g/mol. The van der Waals surface area contributed by atoms with Crippen LogP contribution in [-0.2, 0) is 9.59 Å². The van der Waals surface area contributed by atoms with Gasteiger partial charge in [-0.2, -0.15) is 0 Å². The minimum absolute atomic E-state index is 0.0762. The van der Waals surface area contributed by atoms with E-state index in [0.717, 1.165) is 57.8 Å². The summed E-state index contributed by atoms with van der Waals surface area (Å²) in [7, 11) is 0. The summed E-state index contributed by atoms with van der Waals surface area (Å²) in [5, 5.41) is 18.7. The number of allylic oxidation sites excluding steroid dienone is 2. The molecule has 24 heavy (non-hydrogen) atoms. The van der Waals surface area contributed by atoms with Gasteiger partial charge in [-0.15, -0.1) is 0 Å². The average Bonchev–Trinajstić information content (AvgIpc) is 2.89. The largest absolute Gasteiger partial charge is 0.481 e. The third-order valence-electron chi connectivity index (χ3n) is 5.02. The van der Waals surface area contributed by atoms with Crippen LogP contribution in [0.5, 0.6) is 0 Å². The molecule has 0 amide bonds. The van der Waals surface area contributed by atoms with Gasteiger partial charge in [0, 0.05) is 12.3 Å². The van der Waals surface area contributed by atoms with E-state index in [4.69, 9.17) is 5.11 Å². The monoisotopic (exact) mass is 338 g/mol. The Labute approximate surface area is 146 Å². The summed E-state index contributed by atoms with van der Waals surface area (Å²) in [4.78, 5) is 22.5. The Kier molecular flexibility index (Phi) is 10.6. The van der Waals surface area contributed by atoms with Crippen molar-refractivity contribution in [3.05, 3.63) is 12.2 Å². The Morgan fingerprint density at radius 1 is 1.08 bits per heavy atom. The number of hydrogen-bond acceptors (Lipinski definition) is 3. The number of unbranched alkanes of at least 4 members (excludes halogenated alkanes) is 5. The maximum atomic E-state index is 12.0. The topological polar surface area (TPSA) is 74.6 Å². The van der Waals surface area contributed by atoms with E-state index in [0.29, 0.717) is 0 Å². The summed E-state index contributed by atoms with van der Waals surface area (Å²) in [5.41, 5.74) is 0. The molecule has 0 saturated heterocycles. The van der Waals surface area contributed by atoms with Gasteiger partial charge in [0.2, 0.25) is 0 Å². The molecule has 1 aliphatic rings. The second kappa shape index (κ2) is 12.2. The number of aliphatic hydroxyl groups is 1. The number of carboxylic acids is 1. The van der Waals surface area contributed by atoms with Crippen molar-refractivity contribution >= 4 is 11.8 Å². The molecule has 4 nitrogen and oxygen atoms in total. The Morgan fingerprint density at radius 3 is 2.54 bits per heavy atom. The molecule has 0 aromatic carbocycles. The Bertz CT molecular complexity index is 402. The lowest BCUT2D eigenvalue weighted by Gasteiger charge is -2.19. The standard InChI is InChI=1S/C20H34O4/c1-2-3-6-9-17(21)14-12-16-13-15-19(22)18(16)10-7-4-5-8-11-20(23)24/h13,15-18,21H,2-12,14H2,1H3,(H,23,24)/t16-,17?,18+/m0/s1. The van der Waals surface area contributed by atoms with Crippen molar-refractivity contribution in [3.8, 4) is 0 Å². The zero-order valence-electron chi connectivity index (χ0n) is 15.1. The van der Waals surface area contributed by atoms with Gasteiger partial charge in [-0.3, -0.25) is 9.59 Å². The summed E-state index contributed by atoms with van der Waals surface area (Å²) in [6, 6.07) is 0. The smallest absolute Gasteiger partial charge is 0.303 e. The fourth-order valence-electron chi connectivity index (χ4n) is 3.49. The molecule has 0 bridgehead atoms. The molecule has 2 N–H and O–H groups in total. The summed E-state index contributed by atoms with van der Waals surface area (Å²) in [6.07, 6.45) is 14.2. The number of ketones is 1. The first-order valence-electron chi connectivity index (χ1n) is 9.66. The summed E-state index contributed by atoms with van der Waals surface area (Å²) in [6.45, 7) is 2.16. The van der Waals surface area contributed by atoms with E-state index >= 15 is 0 Å². The number of carbonyl (C=O) groups is 2. The van der Waals surface area contributed by atoms with Crippen LogP contribution in [-0.4, -0.2) is 28.1 Å². The molecule has 0 radical (unpaired) electrons. The zero-order chi connectivity index (χ0) is 17.8. The van der Waals surface area contributed by atoms with Crippen molar-refractivity contribution in [1.29, 1.82) is 0 Å². The fraction of sp³-hybridized carbons (Fsp3) is 0.800. The normalized spacial score (nSPS) is 21.3. The maximum absolute atomic E-state index is 12.0. The lowest BCUT2D eigenvalue weighted by molar-refractivity contribution is -0.137. The van der Waals surface area contributed by atoms with Crippen LogP contribution in [0.2, 0.25) is 0 Å². The fourth-order valence-corrected chi connectivity index (χ4v) is 3.49. The van der Waals surface area contributed by atoms with Gasteiger partial charge in [0.05, 0.1) is 6.10 Å². The highest BCUT2D eigenvalue weighted by Gasteiger charge is 2.29. The van der Waals surface area contributed by atoms with E-state index < -0.39 is 5.97 Å². The number of hydrogen-bond donors (Lipinski definition) is 2. The van der Waals surface area contributed by atoms with Gasteiger partial charge in [-0.05, 0) is 44.1 Å². The van der Waals surface area contributed by atoms with Gasteiger partial charge in [-0.1, -0.05) is 51.5 Å². The van der Waals surface area contributed by atoms with Crippen LogP contribution in [0.25, 0.3) is 0 Å². The van der Waals surface area contributed by atoms with Crippen molar-refractivity contribution in [1.82, 2.24) is 0 Å². The number of carboxylic acid groups (broad SMARTS) is 1.